The van der Waals surface area contributed by atoms with Crippen molar-refractivity contribution >= 4 is 33.8 Å². The van der Waals surface area contributed by atoms with Crippen LogP contribution < -0.4 is 109 Å². The van der Waals surface area contributed by atoms with E-state index in [1.807, 2.05) is 11.6 Å². The van der Waals surface area contributed by atoms with Crippen molar-refractivity contribution in [3.05, 3.63) is 119 Å². The van der Waals surface area contributed by atoms with Gasteiger partial charge in [0.25, 0.3) is 15.9 Å². The van der Waals surface area contributed by atoms with Gasteiger partial charge < -0.3 is 45.0 Å². The maximum Gasteiger partial charge on any atom is 1.00 e. The van der Waals surface area contributed by atoms with Gasteiger partial charge in [-0.1, -0.05) is 19.1 Å². The molecule has 47 heavy (non-hydrogen) atoms. The molecule has 0 aromatic heterocycles. The molecule has 0 bridgehead atoms. The molecular formula is C30H24NNa3O12S. The van der Waals surface area contributed by atoms with Gasteiger partial charge in [-0.25, -0.2) is 13.1 Å². The molecule has 4 aromatic carbocycles. The molecule has 4 aromatic rings. The Morgan fingerprint density at radius 3 is 1.47 bits per heavy atom. The van der Waals surface area contributed by atoms with Crippen molar-refractivity contribution in [1.29, 1.82) is 0 Å². The number of amides is 1. The molecule has 230 valence electrons. The van der Waals surface area contributed by atoms with Crippen LogP contribution in [0.25, 0.3) is 0 Å². The molecule has 5 rings (SSSR count). The molecule has 1 aliphatic heterocycles. The van der Waals surface area contributed by atoms with Crippen LogP contribution in [0.5, 0.6) is 17.2 Å². The van der Waals surface area contributed by atoms with Crippen molar-refractivity contribution in [2.24, 2.45) is 0 Å². The third-order valence-electron chi connectivity index (χ3n) is 5.54. The summed E-state index contributed by atoms with van der Waals surface area (Å²) in [6.45, 7) is 1.82. The van der Waals surface area contributed by atoms with Crippen LogP contribution in [0.4, 0.5) is 0 Å². The van der Waals surface area contributed by atoms with Gasteiger partial charge in [0.2, 0.25) is 0 Å². The molecule has 0 spiro atoms. The molecule has 1 aliphatic rings. The minimum atomic E-state index is -3.55. The zero-order chi connectivity index (χ0) is 33.0. The summed E-state index contributed by atoms with van der Waals surface area (Å²) in [5, 5.41) is 57.2. The second-order valence-corrected chi connectivity index (χ2v) is 10.2. The fraction of sp³-hybridized carbons (Fsp3) is 0.0667. The summed E-state index contributed by atoms with van der Waals surface area (Å²) in [7, 11) is -3.55. The van der Waals surface area contributed by atoms with Crippen molar-refractivity contribution in [2.45, 2.75) is 18.2 Å². The molecule has 4 N–H and O–H groups in total. The zero-order valence-corrected chi connectivity index (χ0v) is 32.6. The van der Waals surface area contributed by atoms with Gasteiger partial charge in [0.15, 0.2) is 0 Å². The Labute approximate surface area is 336 Å². The predicted molar refractivity (Wildman–Crippen MR) is 148 cm³/mol. The number of fused-ring (bicyclic) bond motifs is 1. The number of carboxylic acids is 3. The first-order chi connectivity index (χ1) is 20.7. The monoisotopic (exact) mass is 691 g/mol. The van der Waals surface area contributed by atoms with Gasteiger partial charge in [0.05, 0.1) is 23.5 Å². The minimum absolute atomic E-state index is 0. The molecule has 0 atom stereocenters. The number of aromatic carboxylic acids is 3. The summed E-state index contributed by atoms with van der Waals surface area (Å²) < 4.78 is 24.2. The molecule has 13 nitrogen and oxygen atoms in total. The number of benzene rings is 4. The fourth-order valence-corrected chi connectivity index (χ4v) is 4.56. The number of nitrogens with one attached hydrogen (secondary N) is 1. The number of sulfonamides is 1. The first kappa shape index (κ1) is 46.2. The van der Waals surface area contributed by atoms with Crippen molar-refractivity contribution < 1.29 is 147 Å². The Balaban J connectivity index is 0. The summed E-state index contributed by atoms with van der Waals surface area (Å²) in [5.41, 5.74) is 1.10. The Bertz CT molecular complexity index is 1710. The average molecular weight is 692 g/mol. The maximum atomic E-state index is 11.1. The van der Waals surface area contributed by atoms with Crippen LogP contribution in [0, 0.1) is 0 Å². The number of carbonyl (C=O) groups excluding carboxylic acids is 4. The Hall–Kier alpha value is -2.89. The van der Waals surface area contributed by atoms with E-state index in [0.717, 1.165) is 0 Å². The van der Waals surface area contributed by atoms with Crippen molar-refractivity contribution in [1.82, 2.24) is 4.72 Å². The van der Waals surface area contributed by atoms with Crippen LogP contribution in [0.1, 0.15) is 53.9 Å². The van der Waals surface area contributed by atoms with Gasteiger partial charge in [-0.15, -0.1) is 0 Å². The number of phenolic OH excluding ortho intramolecular Hbond substituents is 3. The van der Waals surface area contributed by atoms with Crippen LogP contribution in [-0.4, -0.2) is 47.6 Å². The number of carboxylic acid groups (broad SMARTS) is 3. The van der Waals surface area contributed by atoms with E-state index in [1.54, 1.807) is 12.1 Å². The molecule has 0 radical (unpaired) electrons. The number of aromatic hydroxyl groups is 3. The summed E-state index contributed by atoms with van der Waals surface area (Å²) in [6.07, 6.45) is 0.567. The number of hydrogen-bond acceptors (Lipinski definition) is 12. The summed E-state index contributed by atoms with van der Waals surface area (Å²) in [4.78, 5) is 41.8. The fourth-order valence-electron chi connectivity index (χ4n) is 3.39. The second-order valence-electron chi connectivity index (χ2n) is 8.58. The van der Waals surface area contributed by atoms with E-state index in [9.17, 15) is 42.9 Å². The summed E-state index contributed by atoms with van der Waals surface area (Å²) >= 11 is 0. The van der Waals surface area contributed by atoms with Crippen LogP contribution in [-0.2, 0) is 16.4 Å². The van der Waals surface area contributed by atoms with Gasteiger partial charge >= 0.3 is 88.7 Å². The van der Waals surface area contributed by atoms with Crippen molar-refractivity contribution in [3.8, 4) is 17.2 Å². The van der Waals surface area contributed by atoms with E-state index in [-0.39, 0.29) is 133 Å². The van der Waals surface area contributed by atoms with E-state index >= 15 is 0 Å². The van der Waals surface area contributed by atoms with E-state index in [2.05, 4.69) is 0 Å². The summed E-state index contributed by atoms with van der Waals surface area (Å²) in [5.74, 6) is -4.05. The van der Waals surface area contributed by atoms with E-state index in [1.165, 1.54) is 78.9 Å². The smallest absolute Gasteiger partial charge is 0.545 e. The van der Waals surface area contributed by atoms with Crippen molar-refractivity contribution in [3.63, 3.8) is 0 Å². The topological polar surface area (TPSA) is 244 Å². The third kappa shape index (κ3) is 14.8. The molecule has 0 fully saturated rings. The molecular weight excluding hydrogens is 667 g/mol. The Morgan fingerprint density at radius 2 is 1.09 bits per heavy atom. The molecule has 1 amide bonds. The van der Waals surface area contributed by atoms with Gasteiger partial charge in [-0.05, 0) is 102 Å². The average Bonchev–Trinajstić information content (AvgIpc) is 3.22. The van der Waals surface area contributed by atoms with Crippen LogP contribution in [0.2, 0.25) is 0 Å². The number of phenols is 3. The van der Waals surface area contributed by atoms with Gasteiger partial charge in [-0.2, -0.15) is 0 Å². The van der Waals surface area contributed by atoms with Gasteiger partial charge in [-0.3, -0.25) is 4.79 Å². The quantitative estimate of drug-likeness (QED) is 0.146. The maximum absolute atomic E-state index is 11.1. The van der Waals surface area contributed by atoms with E-state index < -0.39 is 33.8 Å². The zero-order valence-electron chi connectivity index (χ0n) is 25.8. The van der Waals surface area contributed by atoms with Crippen LogP contribution in [0.3, 0.4) is 0 Å². The molecule has 0 saturated heterocycles. The predicted octanol–water partition coefficient (Wildman–Crippen LogP) is -9.04. The van der Waals surface area contributed by atoms with Gasteiger partial charge in [0, 0.05) is 5.56 Å². The Morgan fingerprint density at radius 1 is 0.660 bits per heavy atom. The molecule has 1 heterocycles. The van der Waals surface area contributed by atoms with E-state index in [0.29, 0.717) is 12.0 Å². The van der Waals surface area contributed by atoms with Crippen LogP contribution in [0.15, 0.2) is 95.9 Å². The van der Waals surface area contributed by atoms with Crippen LogP contribution >= 0.6 is 0 Å². The Kier molecular flexibility index (Phi) is 21.5. The molecule has 0 saturated carbocycles. The molecule has 0 unspecified atom stereocenters. The number of aryl methyl sites for hydroxylation is 1. The SMILES string of the molecule is CCc1cc(O)ccc1C(=O)[O-].O=C([O-])c1ccc(O)cc1.O=C([O-])c1ccc(O)cc1.O=C1NS(=O)(=O)c2ccccc21.[Na+].[Na+].[Na+]. The minimum Gasteiger partial charge on any atom is -0.545 e. The normalized spacial score (nSPS) is 11.1. The van der Waals surface area contributed by atoms with Gasteiger partial charge in [0.1, 0.15) is 22.1 Å². The number of carbonyl (C=O) groups is 4. The van der Waals surface area contributed by atoms with Crippen molar-refractivity contribution in [2.75, 3.05) is 0 Å². The first-order valence-electron chi connectivity index (χ1n) is 12.4. The first-order valence-corrected chi connectivity index (χ1v) is 13.8. The standard InChI is InChI=1S/C9H10O3.C7H5NO3S.2C7H6O3.3Na/c1-2-6-5-7(10)3-4-8(6)9(11)12;9-7-5-3-1-2-4-6(5)12(10,11)8-7;2*8-6-3-1-5(2-4-6)7(9)10;;;/h3-5,10H,2H2,1H3,(H,11,12);1-4H,(H,8,9);2*1-4,8H,(H,9,10);;;/q;;;;3*+1/p-3. The molecule has 17 heteroatoms. The van der Waals surface area contributed by atoms with E-state index in [4.69, 9.17) is 15.3 Å². The number of rotatable bonds is 4. The third-order valence-corrected chi connectivity index (χ3v) is 6.93. The summed E-state index contributed by atoms with van der Waals surface area (Å²) in [6, 6.07) is 20.5. The molecule has 0 aliphatic carbocycles. The largest absolute Gasteiger partial charge is 1.00 e. The second kappa shape index (κ2) is 21.9. The number of hydrogen-bond donors (Lipinski definition) is 4.